The summed E-state index contributed by atoms with van der Waals surface area (Å²) in [7, 11) is 0. The van der Waals surface area contributed by atoms with Crippen molar-refractivity contribution in [2.24, 2.45) is 0 Å². The van der Waals surface area contributed by atoms with Crippen molar-refractivity contribution < 1.29 is 0 Å². The molecule has 118 valence electrons. The first-order chi connectivity index (χ1) is 10.2. The zero-order chi connectivity index (χ0) is 15.1. The lowest BCUT2D eigenvalue weighted by Gasteiger charge is -2.38. The predicted molar refractivity (Wildman–Crippen MR) is 89.8 cm³/mol. The van der Waals surface area contributed by atoms with Crippen LogP contribution in [0.1, 0.15) is 39.2 Å². The van der Waals surface area contributed by atoms with E-state index in [1.807, 2.05) is 6.20 Å². The first kappa shape index (κ1) is 16.2. The van der Waals surface area contributed by atoms with Gasteiger partial charge in [0.2, 0.25) is 0 Å². The lowest BCUT2D eigenvalue weighted by Crippen LogP contribution is -2.49. The Morgan fingerprint density at radius 1 is 1.24 bits per heavy atom. The molecule has 1 saturated heterocycles. The number of nitrogens with one attached hydrogen (secondary N) is 1. The van der Waals surface area contributed by atoms with Crippen molar-refractivity contribution in [3.05, 3.63) is 23.9 Å². The minimum absolute atomic E-state index is 0.699. The van der Waals surface area contributed by atoms with Crippen LogP contribution < -0.4 is 10.2 Å². The van der Waals surface area contributed by atoms with E-state index in [2.05, 4.69) is 53.0 Å². The van der Waals surface area contributed by atoms with Crippen LogP contribution in [0.5, 0.6) is 0 Å². The molecule has 0 aliphatic carbocycles. The van der Waals surface area contributed by atoms with Gasteiger partial charge in [0.15, 0.2) is 0 Å². The number of pyridine rings is 1. The molecule has 1 aromatic rings. The summed E-state index contributed by atoms with van der Waals surface area (Å²) in [5.41, 5.74) is 1.33. The molecule has 1 aliphatic rings. The average Bonchev–Trinajstić information content (AvgIpc) is 2.55. The molecule has 0 saturated carbocycles. The van der Waals surface area contributed by atoms with Gasteiger partial charge in [-0.2, -0.15) is 0 Å². The highest BCUT2D eigenvalue weighted by Crippen LogP contribution is 2.16. The molecular formula is C17H30N4. The molecule has 21 heavy (non-hydrogen) atoms. The molecule has 1 aliphatic heterocycles. The number of hydrogen-bond acceptors (Lipinski definition) is 4. The van der Waals surface area contributed by atoms with Crippen molar-refractivity contribution in [3.8, 4) is 0 Å². The van der Waals surface area contributed by atoms with E-state index in [-0.39, 0.29) is 0 Å². The van der Waals surface area contributed by atoms with E-state index in [9.17, 15) is 0 Å². The second kappa shape index (κ2) is 8.35. The molecule has 4 nitrogen and oxygen atoms in total. The molecule has 2 heterocycles. The summed E-state index contributed by atoms with van der Waals surface area (Å²) in [6.45, 7) is 13.3. The van der Waals surface area contributed by atoms with Gasteiger partial charge in [0.05, 0.1) is 0 Å². The minimum Gasteiger partial charge on any atom is -0.354 e. The number of nitrogens with zero attached hydrogens (tertiary/aromatic N) is 3. The van der Waals surface area contributed by atoms with Gasteiger partial charge < -0.3 is 10.2 Å². The molecule has 1 unspecified atom stereocenters. The van der Waals surface area contributed by atoms with Crippen LogP contribution in [0.2, 0.25) is 0 Å². The van der Waals surface area contributed by atoms with Gasteiger partial charge in [0.25, 0.3) is 0 Å². The highest BCUT2D eigenvalue weighted by atomic mass is 15.3. The summed E-state index contributed by atoms with van der Waals surface area (Å²) < 4.78 is 0. The van der Waals surface area contributed by atoms with Crippen molar-refractivity contribution in [1.82, 2.24) is 15.2 Å². The molecular weight excluding hydrogens is 260 g/mol. The van der Waals surface area contributed by atoms with Gasteiger partial charge in [-0.05, 0) is 44.0 Å². The van der Waals surface area contributed by atoms with Crippen molar-refractivity contribution >= 4 is 5.82 Å². The smallest absolute Gasteiger partial charge is 0.128 e. The fourth-order valence-electron chi connectivity index (χ4n) is 2.80. The predicted octanol–water partition coefficient (Wildman–Crippen LogP) is 2.50. The summed E-state index contributed by atoms with van der Waals surface area (Å²) >= 11 is 0. The Labute approximate surface area is 129 Å². The fraction of sp³-hybridized carbons (Fsp3) is 0.706. The van der Waals surface area contributed by atoms with Gasteiger partial charge in [-0.25, -0.2) is 4.98 Å². The molecule has 4 heteroatoms. The van der Waals surface area contributed by atoms with E-state index in [4.69, 9.17) is 0 Å². The molecule has 1 fully saturated rings. The molecule has 0 amide bonds. The largest absolute Gasteiger partial charge is 0.354 e. The Balaban J connectivity index is 1.89. The Bertz CT molecular complexity index is 413. The highest BCUT2D eigenvalue weighted by Gasteiger charge is 2.20. The molecule has 0 bridgehead atoms. The zero-order valence-electron chi connectivity index (χ0n) is 13.8. The molecule has 0 radical (unpaired) electrons. The Hall–Kier alpha value is -1.13. The average molecular weight is 290 g/mol. The third-order valence-electron chi connectivity index (χ3n) is 4.42. The normalized spacial score (nSPS) is 18.0. The van der Waals surface area contributed by atoms with E-state index >= 15 is 0 Å². The lowest BCUT2D eigenvalue weighted by atomic mass is 10.2. The number of anilines is 1. The first-order valence-corrected chi connectivity index (χ1v) is 8.39. The third-order valence-corrected chi connectivity index (χ3v) is 4.42. The molecule has 1 aromatic heterocycles. The van der Waals surface area contributed by atoms with Crippen LogP contribution in [-0.2, 0) is 6.54 Å². The molecule has 1 atom stereocenters. The highest BCUT2D eigenvalue weighted by molar-refractivity contribution is 5.41. The van der Waals surface area contributed by atoms with Crippen molar-refractivity contribution in [2.45, 2.75) is 46.2 Å². The summed E-state index contributed by atoms with van der Waals surface area (Å²) in [4.78, 5) is 9.57. The molecule has 2 rings (SSSR count). The minimum atomic E-state index is 0.699. The number of aromatic nitrogens is 1. The van der Waals surface area contributed by atoms with Crippen LogP contribution in [0.15, 0.2) is 18.3 Å². The molecule has 0 aromatic carbocycles. The van der Waals surface area contributed by atoms with Crippen LogP contribution in [0.3, 0.4) is 0 Å². The molecule has 1 N–H and O–H groups in total. The number of hydrogen-bond donors (Lipinski definition) is 1. The number of rotatable bonds is 7. The van der Waals surface area contributed by atoms with Crippen LogP contribution in [0, 0.1) is 0 Å². The quantitative estimate of drug-likeness (QED) is 0.782. The van der Waals surface area contributed by atoms with Gasteiger partial charge in [0, 0.05) is 45.0 Å². The van der Waals surface area contributed by atoms with E-state index in [1.165, 1.54) is 18.4 Å². The third kappa shape index (κ3) is 4.68. The van der Waals surface area contributed by atoms with Crippen LogP contribution in [0.25, 0.3) is 0 Å². The maximum Gasteiger partial charge on any atom is 0.128 e. The topological polar surface area (TPSA) is 31.4 Å². The van der Waals surface area contributed by atoms with Crippen LogP contribution >= 0.6 is 0 Å². The summed E-state index contributed by atoms with van der Waals surface area (Å²) in [6.07, 6.45) is 4.35. The Kier molecular flexibility index (Phi) is 6.46. The maximum absolute atomic E-state index is 4.56. The molecule has 0 spiro atoms. The first-order valence-electron chi connectivity index (χ1n) is 8.39. The SMILES string of the molecule is CCCNCc1ccnc(N2CCN(C(C)CC)CC2)c1. The van der Waals surface area contributed by atoms with Crippen molar-refractivity contribution in [1.29, 1.82) is 0 Å². The van der Waals surface area contributed by atoms with E-state index < -0.39 is 0 Å². The number of piperazine rings is 1. The summed E-state index contributed by atoms with van der Waals surface area (Å²) in [5.74, 6) is 1.13. The van der Waals surface area contributed by atoms with Crippen molar-refractivity contribution in [3.63, 3.8) is 0 Å². The van der Waals surface area contributed by atoms with Gasteiger partial charge in [0.1, 0.15) is 5.82 Å². The van der Waals surface area contributed by atoms with E-state index in [1.54, 1.807) is 0 Å². The zero-order valence-corrected chi connectivity index (χ0v) is 13.8. The monoisotopic (exact) mass is 290 g/mol. The van der Waals surface area contributed by atoms with Gasteiger partial charge in [-0.3, -0.25) is 4.90 Å². The van der Waals surface area contributed by atoms with E-state index in [0.29, 0.717) is 6.04 Å². The Morgan fingerprint density at radius 3 is 2.67 bits per heavy atom. The summed E-state index contributed by atoms with van der Waals surface area (Å²) in [6, 6.07) is 5.05. The Morgan fingerprint density at radius 2 is 2.00 bits per heavy atom. The lowest BCUT2D eigenvalue weighted by molar-refractivity contribution is 0.192. The second-order valence-electron chi connectivity index (χ2n) is 5.98. The van der Waals surface area contributed by atoms with Crippen molar-refractivity contribution in [2.75, 3.05) is 37.6 Å². The van der Waals surface area contributed by atoms with Gasteiger partial charge >= 0.3 is 0 Å². The maximum atomic E-state index is 4.56. The second-order valence-corrected chi connectivity index (χ2v) is 5.98. The standard InChI is InChI=1S/C17H30N4/c1-4-7-18-14-16-6-8-19-17(13-16)21-11-9-20(10-12-21)15(3)5-2/h6,8,13,15,18H,4-5,7,9-12,14H2,1-3H3. The van der Waals surface area contributed by atoms with E-state index in [0.717, 1.165) is 45.1 Å². The summed E-state index contributed by atoms with van der Waals surface area (Å²) in [5, 5.41) is 3.46. The van der Waals surface area contributed by atoms with Gasteiger partial charge in [-0.1, -0.05) is 13.8 Å². The van der Waals surface area contributed by atoms with Gasteiger partial charge in [-0.15, -0.1) is 0 Å². The fourth-order valence-corrected chi connectivity index (χ4v) is 2.80. The van der Waals surface area contributed by atoms with Crippen LogP contribution in [0.4, 0.5) is 5.82 Å². The van der Waals surface area contributed by atoms with Crippen LogP contribution in [-0.4, -0.2) is 48.6 Å².